The summed E-state index contributed by atoms with van der Waals surface area (Å²) in [6.07, 6.45) is -0.614. The van der Waals surface area contributed by atoms with Crippen molar-refractivity contribution in [1.29, 1.82) is 0 Å². The smallest absolute Gasteiger partial charge is 0.0781 e. The summed E-state index contributed by atoms with van der Waals surface area (Å²) >= 11 is 0. The molecule has 8 heteroatoms. The molecule has 7 atom stereocenters. The summed E-state index contributed by atoms with van der Waals surface area (Å²) in [5.74, 6) is 0. The number of ether oxygens (including phenoxy) is 7. The van der Waals surface area contributed by atoms with E-state index in [1.54, 1.807) is 14.0 Å². The molecule has 7 unspecified atom stereocenters. The minimum absolute atomic E-state index is 0.00557. The van der Waals surface area contributed by atoms with Crippen molar-refractivity contribution in [3.05, 3.63) is 0 Å². The van der Waals surface area contributed by atoms with Crippen LogP contribution in [-0.4, -0.2) is 101 Å². The van der Waals surface area contributed by atoms with Crippen LogP contribution in [0.3, 0.4) is 0 Å². The van der Waals surface area contributed by atoms with Crippen LogP contribution in [0.2, 0.25) is 0 Å². The van der Waals surface area contributed by atoms with Crippen molar-refractivity contribution in [1.82, 2.24) is 0 Å². The van der Waals surface area contributed by atoms with E-state index in [4.69, 9.17) is 33.2 Å². The second-order valence-corrected chi connectivity index (χ2v) is 8.17. The molecule has 0 rings (SSSR count). The highest BCUT2D eigenvalue weighted by molar-refractivity contribution is 4.58. The standard InChI is InChI=1S/C22H46O8/c1-16(23)9-25-18(3)11-27-20(5)13-29-22(7)15-30-21(6)14-28-19(4)12-26-17(2)10-24-8/h16-23H,9-15H2,1-8H3. The van der Waals surface area contributed by atoms with E-state index in [0.29, 0.717) is 46.2 Å². The zero-order valence-corrected chi connectivity index (χ0v) is 20.3. The first-order valence-electron chi connectivity index (χ1n) is 11.0. The van der Waals surface area contributed by atoms with Gasteiger partial charge in [-0.25, -0.2) is 0 Å². The maximum atomic E-state index is 9.22. The van der Waals surface area contributed by atoms with Crippen molar-refractivity contribution in [3.8, 4) is 0 Å². The van der Waals surface area contributed by atoms with E-state index in [1.165, 1.54) is 0 Å². The molecular formula is C22H46O8. The molecule has 0 bridgehead atoms. The maximum Gasteiger partial charge on any atom is 0.0781 e. The fraction of sp³-hybridized carbons (Fsp3) is 1.00. The van der Waals surface area contributed by atoms with E-state index >= 15 is 0 Å². The Hall–Kier alpha value is -0.320. The number of methoxy groups -OCH3 is 1. The van der Waals surface area contributed by atoms with Gasteiger partial charge in [0, 0.05) is 7.11 Å². The van der Waals surface area contributed by atoms with Crippen LogP contribution in [0, 0.1) is 0 Å². The summed E-state index contributed by atoms with van der Waals surface area (Å²) in [5.41, 5.74) is 0. The molecule has 0 aliphatic carbocycles. The Morgan fingerprint density at radius 1 is 0.433 bits per heavy atom. The normalized spacial score (nSPS) is 19.1. The minimum Gasteiger partial charge on any atom is -0.391 e. The van der Waals surface area contributed by atoms with Gasteiger partial charge in [-0.1, -0.05) is 0 Å². The van der Waals surface area contributed by atoms with Gasteiger partial charge in [-0.2, -0.15) is 0 Å². The molecule has 30 heavy (non-hydrogen) atoms. The lowest BCUT2D eigenvalue weighted by Crippen LogP contribution is -2.30. The van der Waals surface area contributed by atoms with Crippen LogP contribution in [0.1, 0.15) is 48.5 Å². The quantitative estimate of drug-likeness (QED) is 0.310. The summed E-state index contributed by atoms with van der Waals surface area (Å²) in [6.45, 7) is 16.8. The number of hydrogen-bond acceptors (Lipinski definition) is 8. The van der Waals surface area contributed by atoms with Crippen molar-refractivity contribution in [2.75, 3.05) is 53.4 Å². The first-order valence-corrected chi connectivity index (χ1v) is 11.0. The minimum atomic E-state index is -0.469. The molecule has 0 aromatic rings. The molecule has 0 spiro atoms. The zero-order valence-electron chi connectivity index (χ0n) is 20.3. The van der Waals surface area contributed by atoms with E-state index in [9.17, 15) is 5.11 Å². The number of aliphatic hydroxyl groups is 1. The predicted molar refractivity (Wildman–Crippen MR) is 116 cm³/mol. The van der Waals surface area contributed by atoms with E-state index < -0.39 is 6.10 Å². The van der Waals surface area contributed by atoms with Crippen LogP contribution in [0.25, 0.3) is 0 Å². The van der Waals surface area contributed by atoms with Crippen molar-refractivity contribution in [2.24, 2.45) is 0 Å². The molecule has 0 aliphatic rings. The van der Waals surface area contributed by atoms with Crippen LogP contribution < -0.4 is 0 Å². The van der Waals surface area contributed by atoms with E-state index in [2.05, 4.69) is 0 Å². The number of hydrogen-bond donors (Lipinski definition) is 1. The zero-order chi connectivity index (χ0) is 22.9. The van der Waals surface area contributed by atoms with Gasteiger partial charge in [-0.3, -0.25) is 0 Å². The largest absolute Gasteiger partial charge is 0.391 e. The predicted octanol–water partition coefficient (Wildman–Crippen LogP) is 2.44. The number of aliphatic hydroxyl groups excluding tert-OH is 1. The Balaban J connectivity index is 3.77. The fourth-order valence-electron chi connectivity index (χ4n) is 2.33. The van der Waals surface area contributed by atoms with Crippen molar-refractivity contribution < 1.29 is 38.3 Å². The van der Waals surface area contributed by atoms with Crippen molar-refractivity contribution in [3.63, 3.8) is 0 Å². The van der Waals surface area contributed by atoms with Gasteiger partial charge in [-0.05, 0) is 48.5 Å². The van der Waals surface area contributed by atoms with Crippen molar-refractivity contribution >= 4 is 0 Å². The molecule has 0 amide bonds. The van der Waals surface area contributed by atoms with Gasteiger partial charge < -0.3 is 38.3 Å². The average Bonchev–Trinajstić information content (AvgIpc) is 2.70. The summed E-state index contributed by atoms with van der Waals surface area (Å²) < 4.78 is 39.2. The van der Waals surface area contributed by atoms with E-state index in [0.717, 1.165) is 0 Å². The molecular weight excluding hydrogens is 392 g/mol. The van der Waals surface area contributed by atoms with Crippen LogP contribution in [0.5, 0.6) is 0 Å². The highest BCUT2D eigenvalue weighted by atomic mass is 16.6. The second kappa shape index (κ2) is 18.3. The molecule has 0 aromatic heterocycles. The third kappa shape index (κ3) is 18.4. The van der Waals surface area contributed by atoms with Gasteiger partial charge in [0.1, 0.15) is 0 Å². The van der Waals surface area contributed by atoms with E-state index in [1.807, 2.05) is 41.5 Å². The molecule has 0 aliphatic heterocycles. The van der Waals surface area contributed by atoms with Gasteiger partial charge in [0.15, 0.2) is 0 Å². The van der Waals surface area contributed by atoms with Crippen LogP contribution in [0.15, 0.2) is 0 Å². The SMILES string of the molecule is COCC(C)OCC(C)OCC(C)OCC(C)OCC(C)OCC(C)OCC(C)O. The molecule has 0 heterocycles. The molecule has 0 saturated carbocycles. The Labute approximate surface area is 183 Å². The van der Waals surface area contributed by atoms with Gasteiger partial charge in [-0.15, -0.1) is 0 Å². The third-order valence-corrected chi connectivity index (χ3v) is 4.10. The summed E-state index contributed by atoms with van der Waals surface area (Å²) in [5, 5.41) is 9.22. The topological polar surface area (TPSA) is 84.8 Å². The third-order valence-electron chi connectivity index (χ3n) is 4.10. The number of rotatable bonds is 20. The Kier molecular flexibility index (Phi) is 18.1. The average molecular weight is 439 g/mol. The van der Waals surface area contributed by atoms with E-state index in [-0.39, 0.29) is 36.6 Å². The van der Waals surface area contributed by atoms with Crippen LogP contribution >= 0.6 is 0 Å². The molecule has 1 N–H and O–H groups in total. The van der Waals surface area contributed by atoms with Gasteiger partial charge in [0.2, 0.25) is 0 Å². The second-order valence-electron chi connectivity index (χ2n) is 8.17. The van der Waals surface area contributed by atoms with Crippen molar-refractivity contribution in [2.45, 2.75) is 91.2 Å². The lowest BCUT2D eigenvalue weighted by Gasteiger charge is -2.22. The molecule has 0 fully saturated rings. The molecule has 0 aromatic carbocycles. The summed E-state index contributed by atoms with van der Waals surface area (Å²) in [7, 11) is 1.66. The first-order chi connectivity index (χ1) is 14.1. The summed E-state index contributed by atoms with van der Waals surface area (Å²) in [4.78, 5) is 0. The Morgan fingerprint density at radius 3 is 0.900 bits per heavy atom. The van der Waals surface area contributed by atoms with Gasteiger partial charge >= 0.3 is 0 Å². The van der Waals surface area contributed by atoms with Gasteiger partial charge in [0.25, 0.3) is 0 Å². The lowest BCUT2D eigenvalue weighted by molar-refractivity contribution is -0.105. The maximum absolute atomic E-state index is 9.22. The monoisotopic (exact) mass is 438 g/mol. The fourth-order valence-corrected chi connectivity index (χ4v) is 2.33. The Morgan fingerprint density at radius 2 is 0.667 bits per heavy atom. The van der Waals surface area contributed by atoms with Gasteiger partial charge in [0.05, 0.1) is 89.0 Å². The van der Waals surface area contributed by atoms with Crippen LogP contribution in [-0.2, 0) is 33.2 Å². The molecule has 182 valence electrons. The summed E-state index contributed by atoms with van der Waals surface area (Å²) in [6, 6.07) is 0. The van der Waals surface area contributed by atoms with Crippen LogP contribution in [0.4, 0.5) is 0 Å². The molecule has 8 nitrogen and oxygen atoms in total. The Bertz CT molecular complexity index is 382. The molecule has 0 saturated heterocycles. The molecule has 0 radical (unpaired) electrons. The highest BCUT2D eigenvalue weighted by Crippen LogP contribution is 2.04. The highest BCUT2D eigenvalue weighted by Gasteiger charge is 2.13. The lowest BCUT2D eigenvalue weighted by atomic mass is 10.3. The first kappa shape index (κ1) is 29.7.